The third-order valence-electron chi connectivity index (χ3n) is 6.38. The van der Waals surface area contributed by atoms with Crippen molar-refractivity contribution in [3.05, 3.63) is 96.1 Å². The first-order valence-corrected chi connectivity index (χ1v) is 12.6. The molecular weight excluding hydrogens is 511 g/mol. The zero-order valence-corrected chi connectivity index (χ0v) is 21.2. The van der Waals surface area contributed by atoms with E-state index < -0.39 is 18.3 Å². The molecule has 3 aromatic carbocycles. The molecule has 1 aliphatic heterocycles. The van der Waals surface area contributed by atoms with Crippen molar-refractivity contribution in [3.63, 3.8) is 0 Å². The molecule has 4 rings (SSSR count). The molecule has 1 aliphatic rings. The van der Waals surface area contributed by atoms with Crippen LogP contribution in [0.1, 0.15) is 29.5 Å². The van der Waals surface area contributed by atoms with Gasteiger partial charge in [-0.3, -0.25) is 9.59 Å². The van der Waals surface area contributed by atoms with Gasteiger partial charge in [0.05, 0.1) is 25.2 Å². The van der Waals surface area contributed by atoms with Gasteiger partial charge in [-0.05, 0) is 35.4 Å². The van der Waals surface area contributed by atoms with Gasteiger partial charge in [0.15, 0.2) is 0 Å². The zero-order chi connectivity index (χ0) is 27.7. The van der Waals surface area contributed by atoms with Crippen molar-refractivity contribution < 1.29 is 32.2 Å². The van der Waals surface area contributed by atoms with Crippen molar-refractivity contribution >= 4 is 17.5 Å². The van der Waals surface area contributed by atoms with Crippen molar-refractivity contribution in [1.82, 2.24) is 10.2 Å². The van der Waals surface area contributed by atoms with Gasteiger partial charge in [-0.1, -0.05) is 60.7 Å². The highest BCUT2D eigenvalue weighted by Gasteiger charge is 2.31. The average molecular weight is 542 g/mol. The molecule has 2 unspecified atom stereocenters. The Morgan fingerprint density at radius 1 is 0.872 bits per heavy atom. The van der Waals surface area contributed by atoms with Crippen LogP contribution in [0, 0.1) is 0 Å². The van der Waals surface area contributed by atoms with E-state index in [4.69, 9.17) is 4.74 Å². The fourth-order valence-electron chi connectivity index (χ4n) is 4.37. The Morgan fingerprint density at radius 2 is 1.46 bits per heavy atom. The van der Waals surface area contributed by atoms with E-state index in [2.05, 4.69) is 15.4 Å². The predicted octanol–water partition coefficient (Wildman–Crippen LogP) is 4.89. The minimum atomic E-state index is -4.77. The molecule has 0 aromatic heterocycles. The van der Waals surface area contributed by atoms with Crippen molar-refractivity contribution in [1.29, 1.82) is 0 Å². The summed E-state index contributed by atoms with van der Waals surface area (Å²) >= 11 is 0. The summed E-state index contributed by atoms with van der Waals surface area (Å²) in [6.45, 7) is 2.18. The summed E-state index contributed by atoms with van der Waals surface area (Å²) in [7, 11) is 0. The molecule has 206 valence electrons. The predicted molar refractivity (Wildman–Crippen MR) is 140 cm³/mol. The molecule has 2 amide bonds. The molecule has 0 bridgehead atoms. The van der Waals surface area contributed by atoms with Gasteiger partial charge in [0.25, 0.3) is 0 Å². The van der Waals surface area contributed by atoms with Gasteiger partial charge in [0, 0.05) is 31.7 Å². The number of carbonyl (C=O) groups is 2. The molecule has 0 spiro atoms. The minimum Gasteiger partial charge on any atom is -0.406 e. The van der Waals surface area contributed by atoms with Crippen molar-refractivity contribution in [2.24, 2.45) is 0 Å². The first-order chi connectivity index (χ1) is 18.8. The maximum absolute atomic E-state index is 13.7. The number of morpholine rings is 1. The highest BCUT2D eigenvalue weighted by Crippen LogP contribution is 2.26. The lowest BCUT2D eigenvalue weighted by atomic mass is 9.93. The van der Waals surface area contributed by atoms with Gasteiger partial charge >= 0.3 is 6.36 Å². The van der Waals surface area contributed by atoms with Gasteiger partial charge in [-0.25, -0.2) is 0 Å². The van der Waals surface area contributed by atoms with E-state index in [-0.39, 0.29) is 30.5 Å². The van der Waals surface area contributed by atoms with Crippen molar-refractivity contribution in [3.8, 4) is 5.75 Å². The number of rotatable bonds is 10. The summed E-state index contributed by atoms with van der Waals surface area (Å²) < 4.78 is 46.7. The standard InChI is InChI=1S/C29H30F3N3O4/c30-29(31,32)39-24-13-11-23(12-14-24)33-20-26(22-9-5-2-6-10-22)34-28(37)25(21-7-3-1-4-8-21)19-27(36)35-15-17-38-18-16-35/h1-14,25-26,33H,15-20H2,(H,34,37). The lowest BCUT2D eigenvalue weighted by molar-refractivity contribution is -0.274. The van der Waals surface area contributed by atoms with E-state index in [0.717, 1.165) is 11.1 Å². The third kappa shape index (κ3) is 8.47. The summed E-state index contributed by atoms with van der Waals surface area (Å²) in [6.07, 6.45) is -4.75. The number of carbonyl (C=O) groups excluding carboxylic acids is 2. The van der Waals surface area contributed by atoms with E-state index in [1.54, 1.807) is 4.90 Å². The van der Waals surface area contributed by atoms with Gasteiger partial charge in [0.2, 0.25) is 11.8 Å². The van der Waals surface area contributed by atoms with Crippen molar-refractivity contribution in [2.45, 2.75) is 24.7 Å². The number of halogens is 3. The number of hydrogen-bond acceptors (Lipinski definition) is 5. The number of amides is 2. The van der Waals surface area contributed by atoms with Crippen LogP contribution in [-0.4, -0.2) is 55.9 Å². The number of alkyl halides is 3. The molecule has 2 N–H and O–H groups in total. The van der Waals surface area contributed by atoms with E-state index >= 15 is 0 Å². The fourth-order valence-corrected chi connectivity index (χ4v) is 4.37. The molecule has 10 heteroatoms. The average Bonchev–Trinajstić information content (AvgIpc) is 2.95. The molecule has 2 atom stereocenters. The second kappa shape index (κ2) is 13.1. The second-order valence-corrected chi connectivity index (χ2v) is 9.09. The molecular formula is C29H30F3N3O4. The Kier molecular flexibility index (Phi) is 9.43. The van der Waals surface area contributed by atoms with Crippen LogP contribution in [-0.2, 0) is 14.3 Å². The molecule has 1 saturated heterocycles. The largest absolute Gasteiger partial charge is 0.573 e. The normalized spacial score (nSPS) is 15.2. The van der Waals surface area contributed by atoms with Crippen LogP contribution in [0.3, 0.4) is 0 Å². The summed E-state index contributed by atoms with van der Waals surface area (Å²) in [5.74, 6) is -1.44. The zero-order valence-electron chi connectivity index (χ0n) is 21.2. The van der Waals surface area contributed by atoms with Gasteiger partial charge in [0.1, 0.15) is 5.75 Å². The first-order valence-electron chi connectivity index (χ1n) is 12.6. The number of hydrogen-bond donors (Lipinski definition) is 2. The quantitative estimate of drug-likeness (QED) is 0.382. The summed E-state index contributed by atoms with van der Waals surface area (Å²) in [5.41, 5.74) is 2.13. The number of anilines is 1. The molecule has 1 fully saturated rings. The summed E-state index contributed by atoms with van der Waals surface area (Å²) in [5, 5.41) is 6.25. The SMILES string of the molecule is O=C(NC(CNc1ccc(OC(F)(F)F)cc1)c1ccccc1)C(CC(=O)N1CCOCC1)c1ccccc1. The lowest BCUT2D eigenvalue weighted by Crippen LogP contribution is -2.43. The monoisotopic (exact) mass is 541 g/mol. The third-order valence-corrected chi connectivity index (χ3v) is 6.38. The van der Waals surface area contributed by atoms with Gasteiger partial charge < -0.3 is 25.0 Å². The van der Waals surface area contributed by atoms with Crippen LogP contribution in [0.5, 0.6) is 5.75 Å². The number of nitrogens with zero attached hydrogens (tertiary/aromatic N) is 1. The van der Waals surface area contributed by atoms with Crippen LogP contribution in [0.15, 0.2) is 84.9 Å². The Labute approximate surface area is 224 Å². The van der Waals surface area contributed by atoms with E-state index in [1.165, 1.54) is 24.3 Å². The van der Waals surface area contributed by atoms with E-state index in [9.17, 15) is 22.8 Å². The molecule has 7 nitrogen and oxygen atoms in total. The molecule has 0 radical (unpaired) electrons. The fraction of sp³-hybridized carbons (Fsp3) is 0.310. The van der Waals surface area contributed by atoms with E-state index in [0.29, 0.717) is 32.0 Å². The maximum atomic E-state index is 13.7. The number of ether oxygens (including phenoxy) is 2. The number of nitrogens with one attached hydrogen (secondary N) is 2. The van der Waals surface area contributed by atoms with Crippen molar-refractivity contribution in [2.75, 3.05) is 38.2 Å². The summed E-state index contributed by atoms with van der Waals surface area (Å²) in [6, 6.07) is 23.4. The molecule has 39 heavy (non-hydrogen) atoms. The topological polar surface area (TPSA) is 79.9 Å². The van der Waals surface area contributed by atoms with Crippen LogP contribution in [0.4, 0.5) is 18.9 Å². The number of benzene rings is 3. The maximum Gasteiger partial charge on any atom is 0.573 e. The van der Waals surface area contributed by atoms with Gasteiger partial charge in [-0.15, -0.1) is 13.2 Å². The first kappa shape index (κ1) is 28.0. The molecule has 3 aromatic rings. The second-order valence-electron chi connectivity index (χ2n) is 9.09. The Bertz CT molecular complexity index is 1200. The lowest BCUT2D eigenvalue weighted by Gasteiger charge is -2.29. The smallest absolute Gasteiger partial charge is 0.406 e. The Morgan fingerprint density at radius 3 is 2.05 bits per heavy atom. The van der Waals surface area contributed by atoms with Crippen LogP contribution < -0.4 is 15.4 Å². The van der Waals surface area contributed by atoms with Gasteiger partial charge in [-0.2, -0.15) is 0 Å². The molecule has 0 aliphatic carbocycles. The molecule has 0 saturated carbocycles. The molecule has 1 heterocycles. The van der Waals surface area contributed by atoms with Crippen LogP contribution in [0.2, 0.25) is 0 Å². The highest BCUT2D eigenvalue weighted by atomic mass is 19.4. The Hall–Kier alpha value is -4.05. The minimum absolute atomic E-state index is 0.0193. The summed E-state index contributed by atoms with van der Waals surface area (Å²) in [4.78, 5) is 28.5. The van der Waals surface area contributed by atoms with Crippen LogP contribution >= 0.6 is 0 Å². The highest BCUT2D eigenvalue weighted by molar-refractivity contribution is 5.90. The Balaban J connectivity index is 1.49. The van der Waals surface area contributed by atoms with Crippen LogP contribution in [0.25, 0.3) is 0 Å². The van der Waals surface area contributed by atoms with E-state index in [1.807, 2.05) is 60.7 Å².